The van der Waals surface area contributed by atoms with Crippen LogP contribution >= 0.6 is 0 Å². The predicted octanol–water partition coefficient (Wildman–Crippen LogP) is 5.83. The number of hydrogen-bond acceptors (Lipinski definition) is 1. The fraction of sp³-hybridized carbons (Fsp3) is 0.789. The molecule has 122 valence electrons. The van der Waals surface area contributed by atoms with E-state index >= 15 is 0 Å². The molecule has 0 aromatic heterocycles. The lowest BCUT2D eigenvalue weighted by Crippen LogP contribution is -2.43. The normalized spacial score (nSPS) is 15.6. The molecule has 0 bridgehead atoms. The third-order valence-corrected chi connectivity index (χ3v) is 11.2. The lowest BCUT2D eigenvalue weighted by Gasteiger charge is -2.38. The summed E-state index contributed by atoms with van der Waals surface area (Å²) in [5.41, 5.74) is 5.80. The van der Waals surface area contributed by atoms with Crippen LogP contribution in [0.2, 0.25) is 16.6 Å². The molecule has 0 aliphatic rings. The highest BCUT2D eigenvalue weighted by Gasteiger charge is 2.41. The smallest absolute Gasteiger partial charge is 0.146 e. The molecule has 0 spiro atoms. The van der Waals surface area contributed by atoms with Gasteiger partial charge in [0.1, 0.15) is 14.2 Å². The van der Waals surface area contributed by atoms with Crippen molar-refractivity contribution in [1.29, 1.82) is 0 Å². The molecule has 0 fully saturated rings. The first-order valence-corrected chi connectivity index (χ1v) is 10.7. The lowest BCUT2D eigenvalue weighted by molar-refractivity contribution is 0.113. The number of methoxy groups -OCH3 is 1. The van der Waals surface area contributed by atoms with E-state index in [9.17, 15) is 0 Å². The highest BCUT2D eigenvalue weighted by atomic mass is 28.3. The van der Waals surface area contributed by atoms with Crippen LogP contribution in [0.5, 0.6) is 0 Å². The molecule has 0 aromatic carbocycles. The van der Waals surface area contributed by atoms with E-state index in [2.05, 4.69) is 79.0 Å². The van der Waals surface area contributed by atoms with E-state index in [1.54, 1.807) is 7.11 Å². The second-order valence-corrected chi connectivity index (χ2v) is 12.5. The standard InChI is InChI=1S/C19H36OSi/c1-10-12-18(11-2)19(20-9)13-14-21(15(3)4,16(5)6)17(7)8/h10,12,15-19H,11H2,1-9H3/t18-,19-/m0/s1. The van der Waals surface area contributed by atoms with E-state index in [0.717, 1.165) is 6.42 Å². The van der Waals surface area contributed by atoms with Crippen LogP contribution in [0.4, 0.5) is 0 Å². The molecule has 0 amide bonds. The van der Waals surface area contributed by atoms with Crippen LogP contribution in [-0.4, -0.2) is 21.3 Å². The molecule has 0 aromatic rings. The fourth-order valence-electron chi connectivity index (χ4n) is 3.67. The van der Waals surface area contributed by atoms with Gasteiger partial charge in [0.25, 0.3) is 0 Å². The van der Waals surface area contributed by atoms with E-state index in [-0.39, 0.29) is 6.10 Å². The summed E-state index contributed by atoms with van der Waals surface area (Å²) in [7, 11) is 0.133. The Bertz CT molecular complexity index is 349. The van der Waals surface area contributed by atoms with Gasteiger partial charge in [-0.3, -0.25) is 0 Å². The van der Waals surface area contributed by atoms with Crippen LogP contribution in [0.15, 0.2) is 12.2 Å². The van der Waals surface area contributed by atoms with Crippen molar-refractivity contribution in [3.63, 3.8) is 0 Å². The third kappa shape index (κ3) is 5.00. The average molecular weight is 309 g/mol. The molecule has 0 aliphatic heterocycles. The summed E-state index contributed by atoms with van der Waals surface area (Å²) in [5, 5.41) is 0. The first kappa shape index (κ1) is 20.5. The van der Waals surface area contributed by atoms with Gasteiger partial charge in [-0.1, -0.05) is 66.5 Å². The Morgan fingerprint density at radius 1 is 1.00 bits per heavy atom. The Hall–Kier alpha value is -0.523. The van der Waals surface area contributed by atoms with Crippen molar-refractivity contribution in [2.24, 2.45) is 5.92 Å². The van der Waals surface area contributed by atoms with Crippen LogP contribution in [0.1, 0.15) is 61.8 Å². The number of ether oxygens (including phenoxy) is 1. The van der Waals surface area contributed by atoms with Gasteiger partial charge >= 0.3 is 0 Å². The van der Waals surface area contributed by atoms with E-state index in [4.69, 9.17) is 4.74 Å². The molecule has 2 atom stereocenters. The molecule has 0 saturated carbocycles. The quantitative estimate of drug-likeness (QED) is 0.327. The van der Waals surface area contributed by atoms with Gasteiger partial charge < -0.3 is 4.74 Å². The maximum Gasteiger partial charge on any atom is 0.146 e. The molecule has 2 heteroatoms. The minimum absolute atomic E-state index is 0.0225. The van der Waals surface area contributed by atoms with Gasteiger partial charge in [-0.15, -0.1) is 5.54 Å². The fourth-order valence-corrected chi connectivity index (χ4v) is 8.93. The minimum atomic E-state index is -1.65. The molecule has 0 unspecified atom stereocenters. The molecule has 0 heterocycles. The van der Waals surface area contributed by atoms with Crippen LogP contribution in [-0.2, 0) is 4.74 Å². The Morgan fingerprint density at radius 2 is 1.48 bits per heavy atom. The van der Waals surface area contributed by atoms with E-state index in [1.165, 1.54) is 0 Å². The van der Waals surface area contributed by atoms with Crippen LogP contribution in [0.25, 0.3) is 0 Å². The zero-order valence-corrected chi connectivity index (χ0v) is 16.7. The molecule has 21 heavy (non-hydrogen) atoms. The van der Waals surface area contributed by atoms with Crippen molar-refractivity contribution in [2.75, 3.05) is 7.11 Å². The summed E-state index contributed by atoms with van der Waals surface area (Å²) in [6, 6.07) is 0. The second kappa shape index (κ2) is 9.49. The molecular formula is C19H36OSi. The van der Waals surface area contributed by atoms with Crippen molar-refractivity contribution in [3.05, 3.63) is 12.2 Å². The van der Waals surface area contributed by atoms with Crippen molar-refractivity contribution in [1.82, 2.24) is 0 Å². The van der Waals surface area contributed by atoms with E-state index < -0.39 is 8.07 Å². The number of hydrogen-bond donors (Lipinski definition) is 0. The van der Waals surface area contributed by atoms with Gasteiger partial charge in [-0.25, -0.2) is 0 Å². The molecule has 0 rings (SSSR count). The maximum absolute atomic E-state index is 5.69. The van der Waals surface area contributed by atoms with E-state index in [0.29, 0.717) is 22.5 Å². The summed E-state index contributed by atoms with van der Waals surface area (Å²) in [5.74, 6) is 3.92. The molecule has 0 saturated heterocycles. The van der Waals surface area contributed by atoms with Gasteiger partial charge in [-0.2, -0.15) is 0 Å². The van der Waals surface area contributed by atoms with Crippen molar-refractivity contribution < 1.29 is 4.74 Å². The highest BCUT2D eigenvalue weighted by molar-refractivity contribution is 6.90. The van der Waals surface area contributed by atoms with Crippen LogP contribution in [0, 0.1) is 17.4 Å². The Morgan fingerprint density at radius 3 is 1.76 bits per heavy atom. The van der Waals surface area contributed by atoms with Gasteiger partial charge in [0.15, 0.2) is 0 Å². The summed E-state index contributed by atoms with van der Waals surface area (Å²) >= 11 is 0. The number of rotatable bonds is 7. The zero-order chi connectivity index (χ0) is 16.6. The Labute approximate surface area is 134 Å². The average Bonchev–Trinajstić information content (AvgIpc) is 2.40. The summed E-state index contributed by atoms with van der Waals surface area (Å²) in [4.78, 5) is 0. The largest absolute Gasteiger partial charge is 0.368 e. The maximum atomic E-state index is 5.69. The Kier molecular flexibility index (Phi) is 9.25. The third-order valence-electron chi connectivity index (χ3n) is 4.85. The lowest BCUT2D eigenvalue weighted by atomic mass is 9.99. The zero-order valence-electron chi connectivity index (χ0n) is 15.7. The summed E-state index contributed by atoms with van der Waals surface area (Å²) < 4.78 is 5.69. The van der Waals surface area contributed by atoms with Crippen molar-refractivity contribution in [3.8, 4) is 11.5 Å². The van der Waals surface area contributed by atoms with Crippen molar-refractivity contribution in [2.45, 2.75) is 84.5 Å². The SMILES string of the molecule is CC=C[C@H](CC)[C@H](C#C[Si](C(C)C)(C(C)C)C(C)C)OC. The summed E-state index contributed by atoms with van der Waals surface area (Å²) in [6.45, 7) is 18.4. The topological polar surface area (TPSA) is 9.23 Å². The summed E-state index contributed by atoms with van der Waals surface area (Å²) in [6.07, 6.45) is 5.43. The predicted molar refractivity (Wildman–Crippen MR) is 98.2 cm³/mol. The molecular weight excluding hydrogens is 272 g/mol. The van der Waals surface area contributed by atoms with Crippen LogP contribution in [0.3, 0.4) is 0 Å². The molecule has 0 radical (unpaired) electrons. The first-order chi connectivity index (χ1) is 9.77. The Balaban J connectivity index is 5.62. The van der Waals surface area contributed by atoms with Gasteiger partial charge in [0, 0.05) is 13.0 Å². The molecule has 0 aliphatic carbocycles. The van der Waals surface area contributed by atoms with Gasteiger partial charge in [-0.05, 0) is 30.0 Å². The van der Waals surface area contributed by atoms with Gasteiger partial charge in [0.2, 0.25) is 0 Å². The van der Waals surface area contributed by atoms with E-state index in [1.807, 2.05) is 0 Å². The number of allylic oxidation sites excluding steroid dienone is 1. The second-order valence-electron chi connectivity index (χ2n) is 6.92. The van der Waals surface area contributed by atoms with Crippen LogP contribution < -0.4 is 0 Å². The van der Waals surface area contributed by atoms with Crippen molar-refractivity contribution >= 4 is 8.07 Å². The molecule has 0 N–H and O–H groups in total. The monoisotopic (exact) mass is 308 g/mol. The highest BCUT2D eigenvalue weighted by Crippen LogP contribution is 2.40. The minimum Gasteiger partial charge on any atom is -0.368 e. The first-order valence-electron chi connectivity index (χ1n) is 8.46. The van der Waals surface area contributed by atoms with Gasteiger partial charge in [0.05, 0.1) is 0 Å². The molecule has 1 nitrogen and oxygen atoms in total.